The molecule has 0 radical (unpaired) electrons. The van der Waals surface area contributed by atoms with E-state index in [2.05, 4.69) is 5.32 Å². The molecule has 0 heterocycles. The van der Waals surface area contributed by atoms with Gasteiger partial charge in [-0.05, 0) is 60.7 Å². The fourth-order valence-corrected chi connectivity index (χ4v) is 5.77. The number of rotatable bonds is 12. The van der Waals surface area contributed by atoms with E-state index in [1.54, 1.807) is 36.2 Å². The van der Waals surface area contributed by atoms with E-state index in [0.29, 0.717) is 17.1 Å². The topological polar surface area (TPSA) is 86.8 Å². The molecule has 3 aromatic carbocycles. The molecule has 0 saturated carbocycles. The van der Waals surface area contributed by atoms with Crippen molar-refractivity contribution >= 4 is 39.1 Å². The maximum atomic E-state index is 13.7. The van der Waals surface area contributed by atoms with Crippen LogP contribution in [0.25, 0.3) is 0 Å². The van der Waals surface area contributed by atoms with Gasteiger partial charge >= 0.3 is 0 Å². The molecular weight excluding hydrogens is 534 g/mol. The SMILES string of the molecule is CNC(=O)C(Cc1ccccc1)N(Cc1cccc(Cl)c1)C(=O)CCCN(c1cccc(C)c1C)S(C)(=O)=O. The van der Waals surface area contributed by atoms with Gasteiger partial charge in [-0.3, -0.25) is 13.9 Å². The summed E-state index contributed by atoms with van der Waals surface area (Å²) in [7, 11) is -2.02. The van der Waals surface area contributed by atoms with Gasteiger partial charge in [0.2, 0.25) is 21.8 Å². The lowest BCUT2D eigenvalue weighted by Gasteiger charge is -2.32. The summed E-state index contributed by atoms with van der Waals surface area (Å²) >= 11 is 6.21. The maximum absolute atomic E-state index is 13.7. The summed E-state index contributed by atoms with van der Waals surface area (Å²) in [6, 6.07) is 21.5. The number of likely N-dealkylation sites (N-methyl/N-ethyl adjacent to an activating group) is 1. The van der Waals surface area contributed by atoms with Gasteiger partial charge in [-0.15, -0.1) is 0 Å². The molecule has 1 unspecified atom stereocenters. The number of sulfonamides is 1. The van der Waals surface area contributed by atoms with Gasteiger partial charge in [0.1, 0.15) is 6.04 Å². The average Bonchev–Trinajstić information content (AvgIpc) is 2.90. The van der Waals surface area contributed by atoms with Crippen molar-refractivity contribution in [1.29, 1.82) is 0 Å². The molecule has 208 valence electrons. The van der Waals surface area contributed by atoms with Gasteiger partial charge in [0, 0.05) is 38.0 Å². The number of anilines is 1. The summed E-state index contributed by atoms with van der Waals surface area (Å²) < 4.78 is 26.7. The number of amides is 2. The zero-order valence-corrected chi connectivity index (χ0v) is 24.4. The van der Waals surface area contributed by atoms with Crippen molar-refractivity contribution in [3.63, 3.8) is 0 Å². The van der Waals surface area contributed by atoms with Crippen molar-refractivity contribution in [2.75, 3.05) is 24.2 Å². The van der Waals surface area contributed by atoms with Crippen molar-refractivity contribution < 1.29 is 18.0 Å². The Labute approximate surface area is 236 Å². The Morgan fingerprint density at radius 1 is 0.949 bits per heavy atom. The summed E-state index contributed by atoms with van der Waals surface area (Å²) in [6.45, 7) is 4.15. The number of hydrogen-bond donors (Lipinski definition) is 1. The highest BCUT2D eigenvalue weighted by molar-refractivity contribution is 7.92. The molecule has 39 heavy (non-hydrogen) atoms. The van der Waals surface area contributed by atoms with Gasteiger partial charge in [0.25, 0.3) is 0 Å². The van der Waals surface area contributed by atoms with Crippen LogP contribution in [-0.2, 0) is 32.6 Å². The van der Waals surface area contributed by atoms with Crippen molar-refractivity contribution in [2.24, 2.45) is 0 Å². The van der Waals surface area contributed by atoms with E-state index in [-0.39, 0.29) is 37.7 Å². The van der Waals surface area contributed by atoms with E-state index in [9.17, 15) is 18.0 Å². The fourth-order valence-electron chi connectivity index (χ4n) is 4.54. The quantitative estimate of drug-likeness (QED) is 0.336. The van der Waals surface area contributed by atoms with Crippen LogP contribution in [0.2, 0.25) is 5.02 Å². The van der Waals surface area contributed by atoms with Crippen LogP contribution in [0.3, 0.4) is 0 Å². The molecular formula is C30H36ClN3O4S. The van der Waals surface area contributed by atoms with Crippen LogP contribution < -0.4 is 9.62 Å². The molecule has 0 aromatic heterocycles. The third-order valence-corrected chi connectivity index (χ3v) is 8.17. The predicted molar refractivity (Wildman–Crippen MR) is 157 cm³/mol. The minimum atomic E-state index is -3.57. The largest absolute Gasteiger partial charge is 0.357 e. The van der Waals surface area contributed by atoms with Gasteiger partial charge in [-0.25, -0.2) is 8.42 Å². The lowest BCUT2D eigenvalue weighted by Crippen LogP contribution is -2.49. The normalized spacial score (nSPS) is 12.0. The lowest BCUT2D eigenvalue weighted by molar-refractivity contribution is -0.141. The van der Waals surface area contributed by atoms with Gasteiger partial charge in [-0.1, -0.05) is 66.2 Å². The van der Waals surface area contributed by atoms with Gasteiger partial charge in [0.05, 0.1) is 11.9 Å². The molecule has 0 aliphatic rings. The maximum Gasteiger partial charge on any atom is 0.242 e. The number of carbonyl (C=O) groups is 2. The van der Waals surface area contributed by atoms with E-state index in [0.717, 1.165) is 22.3 Å². The van der Waals surface area contributed by atoms with Gasteiger partial charge < -0.3 is 10.2 Å². The highest BCUT2D eigenvalue weighted by atomic mass is 35.5. The predicted octanol–water partition coefficient (Wildman–Crippen LogP) is 4.89. The first-order valence-corrected chi connectivity index (χ1v) is 15.1. The monoisotopic (exact) mass is 569 g/mol. The molecule has 0 spiro atoms. The molecule has 2 amide bonds. The highest BCUT2D eigenvalue weighted by Crippen LogP contribution is 2.26. The number of halogens is 1. The Balaban J connectivity index is 1.86. The Morgan fingerprint density at radius 3 is 2.26 bits per heavy atom. The molecule has 3 rings (SSSR count). The number of nitrogens with one attached hydrogen (secondary N) is 1. The van der Waals surface area contributed by atoms with E-state index in [1.165, 1.54) is 10.6 Å². The molecule has 0 bridgehead atoms. The molecule has 0 aliphatic heterocycles. The smallest absolute Gasteiger partial charge is 0.242 e. The molecule has 1 N–H and O–H groups in total. The Hall–Kier alpha value is -3.36. The second-order valence-electron chi connectivity index (χ2n) is 9.63. The number of carbonyl (C=O) groups excluding carboxylic acids is 2. The standard InChI is InChI=1S/C30H36ClN3O4S/c1-22-11-8-16-27(23(22)2)34(39(4,37)38)18-10-17-29(35)33(21-25-14-9-15-26(31)19-25)28(30(36)32-3)20-24-12-6-5-7-13-24/h5-9,11-16,19,28H,10,17-18,20-21H2,1-4H3,(H,32,36). The first-order valence-electron chi connectivity index (χ1n) is 12.8. The molecule has 0 fully saturated rings. The van der Waals surface area contributed by atoms with E-state index in [1.807, 2.05) is 62.4 Å². The third kappa shape index (κ3) is 8.31. The van der Waals surface area contributed by atoms with Gasteiger partial charge in [-0.2, -0.15) is 0 Å². The fraction of sp³-hybridized carbons (Fsp3) is 0.333. The molecule has 0 aliphatic carbocycles. The first-order chi connectivity index (χ1) is 18.5. The lowest BCUT2D eigenvalue weighted by atomic mass is 10.0. The minimum Gasteiger partial charge on any atom is -0.357 e. The number of nitrogens with zero attached hydrogens (tertiary/aromatic N) is 2. The van der Waals surface area contributed by atoms with Crippen LogP contribution in [0.5, 0.6) is 0 Å². The summed E-state index contributed by atoms with van der Waals surface area (Å²) in [5.41, 5.74) is 4.19. The summed E-state index contributed by atoms with van der Waals surface area (Å²) in [5.74, 6) is -0.517. The number of aryl methyl sites for hydroxylation is 1. The van der Waals surface area contributed by atoms with Crippen molar-refractivity contribution in [3.05, 3.63) is 100 Å². The second-order valence-corrected chi connectivity index (χ2v) is 12.0. The Bertz CT molecular complexity index is 1400. The van der Waals surface area contributed by atoms with Crippen LogP contribution in [-0.4, -0.2) is 51.0 Å². The molecule has 1 atom stereocenters. The van der Waals surface area contributed by atoms with Crippen LogP contribution in [0.4, 0.5) is 5.69 Å². The average molecular weight is 570 g/mol. The van der Waals surface area contributed by atoms with Crippen molar-refractivity contribution in [3.8, 4) is 0 Å². The second kappa shape index (κ2) is 13.6. The summed E-state index contributed by atoms with van der Waals surface area (Å²) in [4.78, 5) is 28.4. The number of hydrogen-bond acceptors (Lipinski definition) is 4. The van der Waals surface area contributed by atoms with Crippen LogP contribution >= 0.6 is 11.6 Å². The van der Waals surface area contributed by atoms with Gasteiger partial charge in [0.15, 0.2) is 0 Å². The van der Waals surface area contributed by atoms with Crippen LogP contribution in [0.15, 0.2) is 72.8 Å². The van der Waals surface area contributed by atoms with E-state index >= 15 is 0 Å². The summed E-state index contributed by atoms with van der Waals surface area (Å²) in [6.07, 6.45) is 1.87. The summed E-state index contributed by atoms with van der Waals surface area (Å²) in [5, 5.41) is 3.24. The Kier molecular flexibility index (Phi) is 10.5. The van der Waals surface area contributed by atoms with E-state index in [4.69, 9.17) is 11.6 Å². The van der Waals surface area contributed by atoms with Crippen LogP contribution in [0.1, 0.15) is 35.1 Å². The zero-order chi connectivity index (χ0) is 28.6. The molecule has 0 saturated heterocycles. The molecule has 7 nitrogen and oxygen atoms in total. The minimum absolute atomic E-state index is 0.0692. The van der Waals surface area contributed by atoms with E-state index < -0.39 is 16.1 Å². The van der Waals surface area contributed by atoms with Crippen molar-refractivity contribution in [2.45, 2.75) is 45.7 Å². The highest BCUT2D eigenvalue weighted by Gasteiger charge is 2.30. The number of benzene rings is 3. The zero-order valence-electron chi connectivity index (χ0n) is 22.9. The molecule has 9 heteroatoms. The molecule has 3 aromatic rings. The Morgan fingerprint density at radius 2 is 1.62 bits per heavy atom. The first kappa shape index (κ1) is 30.2. The van der Waals surface area contributed by atoms with Crippen molar-refractivity contribution in [1.82, 2.24) is 10.2 Å². The third-order valence-electron chi connectivity index (χ3n) is 6.76. The van der Waals surface area contributed by atoms with Crippen LogP contribution in [0, 0.1) is 13.8 Å².